The molecule has 0 atom stereocenters. The molecule has 1 amide bonds. The molecule has 1 aromatic heterocycles. The second-order valence-electron chi connectivity index (χ2n) is 5.38. The maximum absolute atomic E-state index is 12.3. The van der Waals surface area contributed by atoms with Crippen LogP contribution in [0.3, 0.4) is 0 Å². The van der Waals surface area contributed by atoms with Crippen LogP contribution in [0.1, 0.15) is 25.5 Å². The Hall–Kier alpha value is -1.82. The van der Waals surface area contributed by atoms with E-state index in [0.29, 0.717) is 39.0 Å². The maximum atomic E-state index is 12.3. The third-order valence-electron chi connectivity index (χ3n) is 3.96. The van der Waals surface area contributed by atoms with Gasteiger partial charge in [0.2, 0.25) is 5.91 Å². The van der Waals surface area contributed by atoms with E-state index in [1.807, 2.05) is 24.0 Å². The average Bonchev–Trinajstić information content (AvgIpc) is 2.99. The van der Waals surface area contributed by atoms with E-state index in [1.54, 1.807) is 11.2 Å². The van der Waals surface area contributed by atoms with Gasteiger partial charge in [-0.1, -0.05) is 6.92 Å². The van der Waals surface area contributed by atoms with Crippen LogP contribution in [0.4, 0.5) is 0 Å². The van der Waals surface area contributed by atoms with Crippen molar-refractivity contribution in [3.63, 3.8) is 0 Å². The van der Waals surface area contributed by atoms with Gasteiger partial charge in [0, 0.05) is 13.1 Å². The fraction of sp³-hybridized carbons (Fsp3) is 0.600. The quantitative estimate of drug-likeness (QED) is 0.859. The van der Waals surface area contributed by atoms with Crippen molar-refractivity contribution in [3.8, 4) is 0 Å². The summed E-state index contributed by atoms with van der Waals surface area (Å²) in [4.78, 5) is 27.0. The number of carboxylic acids is 1. The molecule has 0 aromatic carbocycles. The van der Waals surface area contributed by atoms with Crippen molar-refractivity contribution in [2.75, 3.05) is 26.2 Å². The molecule has 1 fully saturated rings. The molecule has 0 bridgehead atoms. The Kier molecular flexibility index (Phi) is 5.38. The first-order chi connectivity index (χ1) is 10.1. The van der Waals surface area contributed by atoms with Gasteiger partial charge in [-0.05, 0) is 31.5 Å². The van der Waals surface area contributed by atoms with Crippen LogP contribution in [-0.2, 0) is 16.1 Å². The number of hydrogen-bond donors (Lipinski definition) is 1. The highest BCUT2D eigenvalue weighted by Crippen LogP contribution is 2.17. The first kappa shape index (κ1) is 15.6. The Balaban J connectivity index is 1.81. The smallest absolute Gasteiger partial charge is 0.306 e. The number of carboxylic acid groups (broad SMARTS) is 1. The lowest BCUT2D eigenvalue weighted by atomic mass is 9.97. The molecule has 21 heavy (non-hydrogen) atoms. The second-order valence-corrected chi connectivity index (χ2v) is 5.38. The molecule has 2 rings (SSSR count). The lowest BCUT2D eigenvalue weighted by molar-refractivity contribution is -0.146. The first-order valence-electron chi connectivity index (χ1n) is 7.35. The Morgan fingerprint density at radius 3 is 2.67 bits per heavy atom. The highest BCUT2D eigenvalue weighted by atomic mass is 16.4. The molecule has 6 nitrogen and oxygen atoms in total. The number of piperidine rings is 1. The molecule has 1 aliphatic heterocycles. The molecule has 1 N–H and O–H groups in total. The van der Waals surface area contributed by atoms with Crippen molar-refractivity contribution >= 4 is 11.9 Å². The Morgan fingerprint density at radius 1 is 1.43 bits per heavy atom. The number of likely N-dealkylation sites (N-methyl/N-ethyl adjacent to an activating group) is 1. The van der Waals surface area contributed by atoms with Crippen molar-refractivity contribution in [2.45, 2.75) is 26.3 Å². The maximum Gasteiger partial charge on any atom is 0.306 e. The molecule has 0 spiro atoms. The fourth-order valence-electron chi connectivity index (χ4n) is 2.57. The number of hydrogen-bond acceptors (Lipinski definition) is 4. The summed E-state index contributed by atoms with van der Waals surface area (Å²) in [5.41, 5.74) is 0. The molecule has 2 heterocycles. The molecule has 1 saturated heterocycles. The van der Waals surface area contributed by atoms with E-state index >= 15 is 0 Å². The van der Waals surface area contributed by atoms with Crippen LogP contribution in [-0.4, -0.2) is 53.0 Å². The fourth-order valence-corrected chi connectivity index (χ4v) is 2.57. The van der Waals surface area contributed by atoms with E-state index in [4.69, 9.17) is 9.52 Å². The predicted molar refractivity (Wildman–Crippen MR) is 76.6 cm³/mol. The first-order valence-corrected chi connectivity index (χ1v) is 7.35. The number of furan rings is 1. The zero-order chi connectivity index (χ0) is 15.2. The molecule has 0 radical (unpaired) electrons. The van der Waals surface area contributed by atoms with Gasteiger partial charge in [-0.15, -0.1) is 0 Å². The molecule has 0 unspecified atom stereocenters. The molecule has 1 aromatic rings. The lowest BCUT2D eigenvalue weighted by Crippen LogP contribution is -2.45. The van der Waals surface area contributed by atoms with E-state index in [2.05, 4.69) is 0 Å². The molecule has 1 aliphatic rings. The van der Waals surface area contributed by atoms with Crippen LogP contribution in [0.5, 0.6) is 0 Å². The summed E-state index contributed by atoms with van der Waals surface area (Å²) in [6, 6.07) is 3.73. The minimum absolute atomic E-state index is 0.0623. The Bertz CT molecular complexity index is 464. The molecule has 0 aliphatic carbocycles. The van der Waals surface area contributed by atoms with Crippen molar-refractivity contribution < 1.29 is 19.1 Å². The van der Waals surface area contributed by atoms with Crippen molar-refractivity contribution in [2.24, 2.45) is 5.92 Å². The summed E-state index contributed by atoms with van der Waals surface area (Å²) >= 11 is 0. The average molecular weight is 294 g/mol. The van der Waals surface area contributed by atoms with Gasteiger partial charge < -0.3 is 14.4 Å². The van der Waals surface area contributed by atoms with Crippen LogP contribution in [0.2, 0.25) is 0 Å². The van der Waals surface area contributed by atoms with Gasteiger partial charge in [-0.3, -0.25) is 14.5 Å². The summed E-state index contributed by atoms with van der Waals surface area (Å²) in [5.74, 6) is -0.156. The molecular weight excluding hydrogens is 272 g/mol. The number of carbonyl (C=O) groups is 2. The monoisotopic (exact) mass is 294 g/mol. The SMILES string of the molecule is CCN(CC(=O)N1CCC(C(=O)O)CC1)Cc1ccco1. The van der Waals surface area contributed by atoms with Crippen molar-refractivity contribution in [1.82, 2.24) is 9.80 Å². The van der Waals surface area contributed by atoms with Gasteiger partial charge in [0.1, 0.15) is 5.76 Å². The summed E-state index contributed by atoms with van der Waals surface area (Å²) in [6.45, 7) is 4.79. The third kappa shape index (κ3) is 4.32. The summed E-state index contributed by atoms with van der Waals surface area (Å²) in [5, 5.41) is 8.97. The number of nitrogens with zero attached hydrogens (tertiary/aromatic N) is 2. The zero-order valence-electron chi connectivity index (χ0n) is 12.3. The van der Waals surface area contributed by atoms with Crippen LogP contribution in [0, 0.1) is 5.92 Å². The highest BCUT2D eigenvalue weighted by Gasteiger charge is 2.27. The largest absolute Gasteiger partial charge is 0.481 e. The molecule has 6 heteroatoms. The van der Waals surface area contributed by atoms with E-state index in [0.717, 1.165) is 12.3 Å². The minimum Gasteiger partial charge on any atom is -0.481 e. The van der Waals surface area contributed by atoms with Crippen molar-refractivity contribution in [1.29, 1.82) is 0 Å². The number of likely N-dealkylation sites (tertiary alicyclic amines) is 1. The van der Waals surface area contributed by atoms with Crippen LogP contribution in [0.25, 0.3) is 0 Å². The molecule has 116 valence electrons. The van der Waals surface area contributed by atoms with Crippen LogP contribution < -0.4 is 0 Å². The summed E-state index contributed by atoms with van der Waals surface area (Å²) in [7, 11) is 0. The normalized spacial score (nSPS) is 16.4. The summed E-state index contributed by atoms with van der Waals surface area (Å²) < 4.78 is 5.30. The standard InChI is InChI=1S/C15H22N2O4/c1-2-16(10-13-4-3-9-21-13)11-14(18)17-7-5-12(6-8-17)15(19)20/h3-4,9,12H,2,5-8,10-11H2,1H3,(H,19,20). The van der Waals surface area contributed by atoms with E-state index in [9.17, 15) is 9.59 Å². The van der Waals surface area contributed by atoms with Crippen LogP contribution >= 0.6 is 0 Å². The third-order valence-corrected chi connectivity index (χ3v) is 3.96. The molecular formula is C15H22N2O4. The topological polar surface area (TPSA) is 74.0 Å². The zero-order valence-corrected chi connectivity index (χ0v) is 12.3. The summed E-state index contributed by atoms with van der Waals surface area (Å²) in [6.07, 6.45) is 2.72. The predicted octanol–water partition coefficient (Wildman–Crippen LogP) is 1.42. The van der Waals surface area contributed by atoms with Gasteiger partial charge in [0.25, 0.3) is 0 Å². The van der Waals surface area contributed by atoms with Gasteiger partial charge in [0.15, 0.2) is 0 Å². The highest BCUT2D eigenvalue weighted by molar-refractivity contribution is 5.79. The van der Waals surface area contributed by atoms with Gasteiger partial charge in [0.05, 0.1) is 25.3 Å². The van der Waals surface area contributed by atoms with Crippen LogP contribution in [0.15, 0.2) is 22.8 Å². The van der Waals surface area contributed by atoms with E-state index in [1.165, 1.54) is 0 Å². The number of carbonyl (C=O) groups excluding carboxylic acids is 1. The van der Waals surface area contributed by atoms with Gasteiger partial charge in [-0.2, -0.15) is 0 Å². The van der Waals surface area contributed by atoms with E-state index < -0.39 is 5.97 Å². The minimum atomic E-state index is -0.755. The second kappa shape index (κ2) is 7.26. The number of aliphatic carboxylic acids is 1. The number of amides is 1. The Morgan fingerprint density at radius 2 is 2.14 bits per heavy atom. The van der Waals surface area contributed by atoms with Crippen molar-refractivity contribution in [3.05, 3.63) is 24.2 Å². The van der Waals surface area contributed by atoms with Gasteiger partial charge in [-0.25, -0.2) is 0 Å². The van der Waals surface area contributed by atoms with E-state index in [-0.39, 0.29) is 11.8 Å². The molecule has 0 saturated carbocycles. The Labute approximate surface area is 124 Å². The lowest BCUT2D eigenvalue weighted by Gasteiger charge is -2.31. The number of rotatable bonds is 6. The van der Waals surface area contributed by atoms with Gasteiger partial charge >= 0.3 is 5.97 Å².